The van der Waals surface area contributed by atoms with E-state index >= 15 is 0 Å². The molecule has 1 aliphatic heterocycles. The average molecular weight is 481 g/mol. The molecule has 1 N–H and O–H groups in total. The topological polar surface area (TPSA) is 58.6 Å². The first kappa shape index (κ1) is 20.8. The van der Waals surface area contributed by atoms with E-state index in [2.05, 4.69) is 21.2 Å². The first-order valence-corrected chi connectivity index (χ1v) is 10.3. The highest BCUT2D eigenvalue weighted by atomic mass is 79.9. The quantitative estimate of drug-likeness (QED) is 0.386. The second-order valence-electron chi connectivity index (χ2n) is 6.93. The number of rotatable bonds is 6. The first-order chi connectivity index (χ1) is 15.0. The molecule has 3 amide bonds. The number of carbonyl (C=O) groups excluding carboxylic acids is 2. The number of hydrogen-bond donors (Lipinski definition) is 1. The van der Waals surface area contributed by atoms with Crippen LogP contribution in [0.3, 0.4) is 0 Å². The minimum Gasteiger partial charge on any atom is -0.488 e. The van der Waals surface area contributed by atoms with E-state index in [0.717, 1.165) is 14.9 Å². The van der Waals surface area contributed by atoms with Crippen molar-refractivity contribution in [2.45, 2.75) is 13.2 Å². The van der Waals surface area contributed by atoms with Crippen molar-refractivity contribution < 1.29 is 18.7 Å². The van der Waals surface area contributed by atoms with Crippen molar-refractivity contribution in [3.05, 3.63) is 105 Å². The summed E-state index contributed by atoms with van der Waals surface area (Å²) in [5.74, 6) is -0.430. The summed E-state index contributed by atoms with van der Waals surface area (Å²) in [5, 5.41) is 2.57. The van der Waals surface area contributed by atoms with Gasteiger partial charge in [0, 0.05) is 15.6 Å². The molecule has 1 saturated heterocycles. The molecule has 0 bridgehead atoms. The molecule has 3 aromatic carbocycles. The SMILES string of the molecule is O=C1N/C(=C/c2cc(Br)ccc2OCc2ccccc2)C(=O)N1Cc1ccccc1F. The standard InChI is InChI=1S/C24H18BrFN2O3/c25-19-10-11-22(31-15-16-6-2-1-3-7-16)18(12-19)13-21-23(29)28(24(30)27-21)14-17-8-4-5-9-20(17)26/h1-13H,14-15H2,(H,27,30)/b21-13+. The molecule has 4 rings (SSSR count). The third-order valence-corrected chi connectivity index (χ3v) is 5.25. The monoisotopic (exact) mass is 480 g/mol. The van der Waals surface area contributed by atoms with Crippen LogP contribution in [0.15, 0.2) is 83.0 Å². The van der Waals surface area contributed by atoms with Crippen molar-refractivity contribution in [3.63, 3.8) is 0 Å². The Morgan fingerprint density at radius 2 is 1.74 bits per heavy atom. The van der Waals surface area contributed by atoms with E-state index in [1.807, 2.05) is 36.4 Å². The fraction of sp³-hybridized carbons (Fsp3) is 0.0833. The van der Waals surface area contributed by atoms with Gasteiger partial charge in [0.2, 0.25) is 0 Å². The van der Waals surface area contributed by atoms with Crippen molar-refractivity contribution >= 4 is 33.9 Å². The van der Waals surface area contributed by atoms with Gasteiger partial charge in [-0.25, -0.2) is 9.18 Å². The summed E-state index contributed by atoms with van der Waals surface area (Å²) < 4.78 is 20.7. The van der Waals surface area contributed by atoms with Crippen molar-refractivity contribution in [1.29, 1.82) is 0 Å². The number of benzene rings is 3. The van der Waals surface area contributed by atoms with Crippen molar-refractivity contribution in [2.24, 2.45) is 0 Å². The van der Waals surface area contributed by atoms with Crippen LogP contribution in [0.4, 0.5) is 9.18 Å². The van der Waals surface area contributed by atoms with Gasteiger partial charge < -0.3 is 10.1 Å². The molecule has 3 aromatic rings. The lowest BCUT2D eigenvalue weighted by Crippen LogP contribution is -2.30. The van der Waals surface area contributed by atoms with E-state index in [9.17, 15) is 14.0 Å². The van der Waals surface area contributed by atoms with Gasteiger partial charge in [-0.1, -0.05) is 64.5 Å². The fourth-order valence-corrected chi connectivity index (χ4v) is 3.55. The molecular formula is C24H18BrFN2O3. The molecule has 156 valence electrons. The molecule has 1 fully saturated rings. The van der Waals surface area contributed by atoms with E-state index in [1.165, 1.54) is 6.07 Å². The van der Waals surface area contributed by atoms with Gasteiger partial charge in [0.15, 0.2) is 0 Å². The van der Waals surface area contributed by atoms with Gasteiger partial charge in [-0.3, -0.25) is 9.69 Å². The Hall–Kier alpha value is -3.45. The lowest BCUT2D eigenvalue weighted by Gasteiger charge is -2.12. The lowest BCUT2D eigenvalue weighted by molar-refractivity contribution is -0.123. The molecule has 5 nitrogen and oxygen atoms in total. The molecule has 0 unspecified atom stereocenters. The number of nitrogens with zero attached hydrogens (tertiary/aromatic N) is 1. The van der Waals surface area contributed by atoms with Crippen LogP contribution < -0.4 is 10.1 Å². The van der Waals surface area contributed by atoms with Crippen LogP contribution in [0.25, 0.3) is 6.08 Å². The maximum absolute atomic E-state index is 14.0. The first-order valence-electron chi connectivity index (χ1n) is 9.55. The minimum absolute atomic E-state index is 0.101. The van der Waals surface area contributed by atoms with Gasteiger partial charge in [0.25, 0.3) is 5.91 Å². The number of urea groups is 1. The number of nitrogens with one attached hydrogen (secondary N) is 1. The zero-order chi connectivity index (χ0) is 21.8. The number of hydrogen-bond acceptors (Lipinski definition) is 3. The highest BCUT2D eigenvalue weighted by molar-refractivity contribution is 9.10. The van der Waals surface area contributed by atoms with Gasteiger partial charge in [-0.2, -0.15) is 0 Å². The van der Waals surface area contributed by atoms with Crippen molar-refractivity contribution in [2.75, 3.05) is 0 Å². The summed E-state index contributed by atoms with van der Waals surface area (Å²) in [7, 11) is 0. The number of ether oxygens (including phenoxy) is 1. The molecule has 0 spiro atoms. The molecule has 7 heteroatoms. The Bertz CT molecular complexity index is 1160. The third kappa shape index (κ3) is 4.83. The fourth-order valence-electron chi connectivity index (χ4n) is 3.17. The second kappa shape index (κ2) is 9.14. The molecule has 1 aliphatic rings. The maximum Gasteiger partial charge on any atom is 0.329 e. The Morgan fingerprint density at radius 3 is 2.52 bits per heavy atom. The normalized spacial score (nSPS) is 14.8. The Balaban J connectivity index is 1.56. The van der Waals surface area contributed by atoms with E-state index < -0.39 is 17.8 Å². The largest absolute Gasteiger partial charge is 0.488 e. The molecule has 31 heavy (non-hydrogen) atoms. The van der Waals surface area contributed by atoms with E-state index in [0.29, 0.717) is 17.9 Å². The van der Waals surface area contributed by atoms with Crippen LogP contribution in [0.5, 0.6) is 5.75 Å². The summed E-state index contributed by atoms with van der Waals surface area (Å²) in [6.45, 7) is 0.211. The molecule has 1 heterocycles. The van der Waals surface area contributed by atoms with Crippen LogP contribution in [0.2, 0.25) is 0 Å². The number of imide groups is 1. The molecule has 0 aromatic heterocycles. The van der Waals surface area contributed by atoms with Gasteiger partial charge in [0.05, 0.1) is 6.54 Å². The van der Waals surface area contributed by atoms with Crippen LogP contribution in [0, 0.1) is 5.82 Å². The smallest absolute Gasteiger partial charge is 0.329 e. The second-order valence-corrected chi connectivity index (χ2v) is 7.84. The summed E-state index contributed by atoms with van der Waals surface area (Å²) >= 11 is 3.42. The predicted molar refractivity (Wildman–Crippen MR) is 118 cm³/mol. The van der Waals surface area contributed by atoms with E-state index in [-0.39, 0.29) is 17.8 Å². The summed E-state index contributed by atoms with van der Waals surface area (Å²) in [5.41, 5.74) is 2.00. The van der Waals surface area contributed by atoms with Crippen LogP contribution >= 0.6 is 15.9 Å². The Kier molecular flexibility index (Phi) is 6.13. The summed E-state index contributed by atoms with van der Waals surface area (Å²) in [6.07, 6.45) is 1.56. The minimum atomic E-state index is -0.596. The van der Waals surface area contributed by atoms with Gasteiger partial charge in [-0.05, 0) is 35.9 Å². The van der Waals surface area contributed by atoms with Crippen molar-refractivity contribution in [1.82, 2.24) is 10.2 Å². The molecule has 0 radical (unpaired) electrons. The number of amides is 3. The van der Waals surface area contributed by atoms with Crippen LogP contribution in [-0.4, -0.2) is 16.8 Å². The molecule has 0 aliphatic carbocycles. The van der Waals surface area contributed by atoms with E-state index in [1.54, 1.807) is 36.4 Å². The number of carbonyl (C=O) groups is 2. The Labute approximate surface area is 187 Å². The maximum atomic E-state index is 14.0. The molecular weight excluding hydrogens is 463 g/mol. The molecule has 0 atom stereocenters. The predicted octanol–water partition coefficient (Wildman–Crippen LogP) is 5.26. The van der Waals surface area contributed by atoms with Gasteiger partial charge in [0.1, 0.15) is 23.9 Å². The lowest BCUT2D eigenvalue weighted by atomic mass is 10.1. The number of halogens is 2. The zero-order valence-electron chi connectivity index (χ0n) is 16.3. The van der Waals surface area contributed by atoms with E-state index in [4.69, 9.17) is 4.74 Å². The third-order valence-electron chi connectivity index (χ3n) is 4.76. The van der Waals surface area contributed by atoms with Crippen LogP contribution in [-0.2, 0) is 17.9 Å². The zero-order valence-corrected chi connectivity index (χ0v) is 17.9. The highest BCUT2D eigenvalue weighted by Crippen LogP contribution is 2.28. The van der Waals surface area contributed by atoms with Gasteiger partial charge in [-0.15, -0.1) is 0 Å². The van der Waals surface area contributed by atoms with Gasteiger partial charge >= 0.3 is 6.03 Å². The van der Waals surface area contributed by atoms with Crippen molar-refractivity contribution in [3.8, 4) is 5.75 Å². The summed E-state index contributed by atoms with van der Waals surface area (Å²) in [4.78, 5) is 26.1. The average Bonchev–Trinajstić information content (AvgIpc) is 3.03. The van der Waals surface area contributed by atoms with Crippen LogP contribution in [0.1, 0.15) is 16.7 Å². The molecule has 0 saturated carbocycles. The summed E-state index contributed by atoms with van der Waals surface area (Å²) in [6, 6.07) is 20.6. The highest BCUT2D eigenvalue weighted by Gasteiger charge is 2.34. The Morgan fingerprint density at radius 1 is 1.00 bits per heavy atom.